The van der Waals surface area contributed by atoms with E-state index in [1.807, 2.05) is 0 Å². The van der Waals surface area contributed by atoms with Gasteiger partial charge in [0.2, 0.25) is 0 Å². The van der Waals surface area contributed by atoms with E-state index < -0.39 is 0 Å². The van der Waals surface area contributed by atoms with E-state index in [4.69, 9.17) is 4.74 Å². The van der Waals surface area contributed by atoms with E-state index in [-0.39, 0.29) is 5.54 Å². The average Bonchev–Trinajstić information content (AvgIpc) is 2.69. The van der Waals surface area contributed by atoms with Crippen molar-refractivity contribution in [1.29, 1.82) is 0 Å². The van der Waals surface area contributed by atoms with E-state index in [9.17, 15) is 0 Å². The molecule has 16 heavy (non-hydrogen) atoms. The first-order valence-corrected chi connectivity index (χ1v) is 6.46. The van der Waals surface area contributed by atoms with Crippen LogP contribution in [0.3, 0.4) is 0 Å². The lowest BCUT2D eigenvalue weighted by Gasteiger charge is -2.29. The van der Waals surface area contributed by atoms with Gasteiger partial charge < -0.3 is 10.1 Å². The van der Waals surface area contributed by atoms with Crippen molar-refractivity contribution in [3.05, 3.63) is 27.7 Å². The highest BCUT2D eigenvalue weighted by molar-refractivity contribution is 9.10. The van der Waals surface area contributed by atoms with Crippen molar-refractivity contribution in [2.45, 2.75) is 32.2 Å². The number of hydrogen-bond donors (Lipinski definition) is 1. The molecule has 1 aromatic carbocycles. The van der Waals surface area contributed by atoms with Crippen LogP contribution in [-0.2, 0) is 5.54 Å². The number of hydrogen-bond acceptors (Lipinski definition) is 2. The summed E-state index contributed by atoms with van der Waals surface area (Å²) in [7, 11) is 1.75. The maximum atomic E-state index is 5.56. The van der Waals surface area contributed by atoms with Crippen LogP contribution in [0, 0.1) is 6.92 Å². The van der Waals surface area contributed by atoms with Crippen molar-refractivity contribution in [2.24, 2.45) is 0 Å². The SMILES string of the molecule is COc1c(C)ccc(Br)c1C1(C)CCCN1. The molecule has 0 aromatic heterocycles. The molecule has 0 radical (unpaired) electrons. The third-order valence-electron chi connectivity index (χ3n) is 3.43. The molecule has 1 saturated heterocycles. The van der Waals surface area contributed by atoms with E-state index >= 15 is 0 Å². The third-order valence-corrected chi connectivity index (χ3v) is 4.09. The van der Waals surface area contributed by atoms with Gasteiger partial charge in [-0.2, -0.15) is 0 Å². The van der Waals surface area contributed by atoms with Crippen molar-refractivity contribution in [3.8, 4) is 5.75 Å². The molecule has 1 aliphatic heterocycles. The van der Waals surface area contributed by atoms with Gasteiger partial charge >= 0.3 is 0 Å². The van der Waals surface area contributed by atoms with Crippen LogP contribution >= 0.6 is 15.9 Å². The number of nitrogens with one attached hydrogen (secondary N) is 1. The lowest BCUT2D eigenvalue weighted by molar-refractivity contribution is 0.367. The Morgan fingerprint density at radius 3 is 2.75 bits per heavy atom. The first kappa shape index (κ1) is 11.9. The molecule has 1 atom stereocenters. The van der Waals surface area contributed by atoms with Crippen LogP contribution in [0.15, 0.2) is 16.6 Å². The van der Waals surface area contributed by atoms with Crippen LogP contribution in [0.4, 0.5) is 0 Å². The zero-order valence-electron chi connectivity index (χ0n) is 10.1. The molecule has 2 nitrogen and oxygen atoms in total. The topological polar surface area (TPSA) is 21.3 Å². The lowest BCUT2D eigenvalue weighted by atomic mass is 9.88. The number of methoxy groups -OCH3 is 1. The summed E-state index contributed by atoms with van der Waals surface area (Å²) in [5.74, 6) is 1.01. The zero-order chi connectivity index (χ0) is 11.8. The van der Waals surface area contributed by atoms with Crippen molar-refractivity contribution in [2.75, 3.05) is 13.7 Å². The van der Waals surface area contributed by atoms with Gasteiger partial charge in [0.1, 0.15) is 5.75 Å². The van der Waals surface area contributed by atoms with Gasteiger partial charge in [-0.05, 0) is 44.9 Å². The Kier molecular flexibility index (Phi) is 3.27. The largest absolute Gasteiger partial charge is 0.496 e. The van der Waals surface area contributed by atoms with E-state index in [1.165, 1.54) is 17.5 Å². The quantitative estimate of drug-likeness (QED) is 0.899. The third kappa shape index (κ3) is 1.87. The Morgan fingerprint density at radius 1 is 1.44 bits per heavy atom. The second-order valence-electron chi connectivity index (χ2n) is 4.63. The highest BCUT2D eigenvalue weighted by atomic mass is 79.9. The van der Waals surface area contributed by atoms with E-state index in [1.54, 1.807) is 7.11 Å². The Labute approximate surface area is 106 Å². The summed E-state index contributed by atoms with van der Waals surface area (Å²) in [5.41, 5.74) is 2.49. The predicted octanol–water partition coefficient (Wildman–Crippen LogP) is 3.36. The first-order chi connectivity index (χ1) is 7.58. The molecule has 1 aliphatic rings. The molecule has 3 heteroatoms. The normalized spacial score (nSPS) is 24.8. The Bertz CT molecular complexity index is 397. The van der Waals surface area contributed by atoms with Crippen LogP contribution in [0.5, 0.6) is 5.75 Å². The van der Waals surface area contributed by atoms with Gasteiger partial charge in [0.15, 0.2) is 0 Å². The fourth-order valence-electron chi connectivity index (χ4n) is 2.55. The van der Waals surface area contributed by atoms with E-state index in [0.717, 1.165) is 23.2 Å². The molecule has 0 saturated carbocycles. The summed E-state index contributed by atoms with van der Waals surface area (Å²) >= 11 is 3.65. The Hall–Kier alpha value is -0.540. The maximum absolute atomic E-state index is 5.56. The lowest BCUT2D eigenvalue weighted by Crippen LogP contribution is -2.34. The standard InChI is InChI=1S/C13H18BrNO/c1-9-5-6-10(14)11(12(9)16-3)13(2)7-4-8-15-13/h5-6,15H,4,7-8H2,1-3H3. The fraction of sp³-hybridized carbons (Fsp3) is 0.538. The van der Waals surface area contributed by atoms with Gasteiger partial charge in [-0.25, -0.2) is 0 Å². The molecule has 0 aliphatic carbocycles. The minimum Gasteiger partial charge on any atom is -0.496 e. The highest BCUT2D eigenvalue weighted by Gasteiger charge is 2.34. The van der Waals surface area contributed by atoms with Gasteiger partial charge in [-0.3, -0.25) is 0 Å². The first-order valence-electron chi connectivity index (χ1n) is 5.67. The number of benzene rings is 1. The van der Waals surface area contributed by atoms with Gasteiger partial charge in [0, 0.05) is 15.6 Å². The van der Waals surface area contributed by atoms with Crippen LogP contribution < -0.4 is 10.1 Å². The minimum absolute atomic E-state index is 0.0379. The number of ether oxygens (including phenoxy) is 1. The van der Waals surface area contributed by atoms with Crippen LogP contribution in [0.1, 0.15) is 30.9 Å². The minimum atomic E-state index is 0.0379. The molecule has 1 N–H and O–H groups in total. The predicted molar refractivity (Wildman–Crippen MR) is 70.0 cm³/mol. The van der Waals surface area contributed by atoms with Crippen molar-refractivity contribution in [3.63, 3.8) is 0 Å². The second-order valence-corrected chi connectivity index (χ2v) is 5.49. The van der Waals surface area contributed by atoms with Gasteiger partial charge in [0.05, 0.1) is 7.11 Å². The second kappa shape index (κ2) is 4.38. The molecular weight excluding hydrogens is 266 g/mol. The summed E-state index contributed by atoms with van der Waals surface area (Å²) in [6.07, 6.45) is 2.38. The molecule has 88 valence electrons. The van der Waals surface area contributed by atoms with Gasteiger partial charge in [-0.1, -0.05) is 22.0 Å². The molecule has 1 fully saturated rings. The molecule has 1 unspecified atom stereocenters. The number of halogens is 1. The Morgan fingerprint density at radius 2 is 2.19 bits per heavy atom. The van der Waals surface area contributed by atoms with Crippen molar-refractivity contribution in [1.82, 2.24) is 5.32 Å². The molecule has 1 aromatic rings. The summed E-state index contributed by atoms with van der Waals surface area (Å²) in [4.78, 5) is 0. The monoisotopic (exact) mass is 283 g/mol. The molecule has 0 amide bonds. The molecule has 0 spiro atoms. The molecule has 0 bridgehead atoms. The summed E-state index contributed by atoms with van der Waals surface area (Å²) in [6.45, 7) is 5.43. The van der Waals surface area contributed by atoms with E-state index in [2.05, 4.69) is 47.2 Å². The van der Waals surface area contributed by atoms with Crippen LogP contribution in [0.2, 0.25) is 0 Å². The molecule has 1 heterocycles. The van der Waals surface area contributed by atoms with Crippen molar-refractivity contribution >= 4 is 15.9 Å². The van der Waals surface area contributed by atoms with Crippen LogP contribution in [-0.4, -0.2) is 13.7 Å². The Balaban J connectivity index is 2.57. The summed E-state index contributed by atoms with van der Waals surface area (Å²) in [5, 5.41) is 3.58. The zero-order valence-corrected chi connectivity index (χ0v) is 11.6. The van der Waals surface area contributed by atoms with Crippen LogP contribution in [0.25, 0.3) is 0 Å². The summed E-state index contributed by atoms with van der Waals surface area (Å²) in [6, 6.07) is 4.20. The molecular formula is C13H18BrNO. The average molecular weight is 284 g/mol. The fourth-order valence-corrected chi connectivity index (χ4v) is 3.30. The van der Waals surface area contributed by atoms with Gasteiger partial charge in [0.25, 0.3) is 0 Å². The highest BCUT2D eigenvalue weighted by Crippen LogP contribution is 2.42. The summed E-state index contributed by atoms with van der Waals surface area (Å²) < 4.78 is 6.70. The smallest absolute Gasteiger partial charge is 0.127 e. The maximum Gasteiger partial charge on any atom is 0.127 e. The number of aryl methyl sites for hydroxylation is 1. The molecule has 2 rings (SSSR count). The van der Waals surface area contributed by atoms with Crippen molar-refractivity contribution < 1.29 is 4.74 Å². The number of rotatable bonds is 2. The van der Waals surface area contributed by atoms with Gasteiger partial charge in [-0.15, -0.1) is 0 Å². The van der Waals surface area contributed by atoms with E-state index in [0.29, 0.717) is 0 Å².